The number of rotatable bonds is 9. The Kier molecular flexibility index (Phi) is 7.86. The molecule has 4 atom stereocenters. The fourth-order valence-electron chi connectivity index (χ4n) is 3.80. The molecule has 1 heterocycles. The Labute approximate surface area is 184 Å². The number of ether oxygens (including phenoxy) is 4. The van der Waals surface area contributed by atoms with Crippen molar-refractivity contribution < 1.29 is 18.9 Å². The lowest BCUT2D eigenvalue weighted by Gasteiger charge is -2.41. The third kappa shape index (κ3) is 6.25. The average molecular weight is 419 g/mol. The van der Waals surface area contributed by atoms with Crippen molar-refractivity contribution in [3.63, 3.8) is 0 Å². The van der Waals surface area contributed by atoms with Crippen LogP contribution in [0.4, 0.5) is 0 Å². The molecular weight excluding hydrogens is 388 g/mol. The summed E-state index contributed by atoms with van der Waals surface area (Å²) in [5, 5.41) is 0. The van der Waals surface area contributed by atoms with Crippen molar-refractivity contribution in [1.29, 1.82) is 0 Å². The zero-order valence-electron chi connectivity index (χ0n) is 17.9. The summed E-state index contributed by atoms with van der Waals surface area (Å²) < 4.78 is 25.0. The van der Waals surface area contributed by atoms with E-state index in [1.807, 2.05) is 61.5 Å². The second kappa shape index (κ2) is 11.2. The Balaban J connectivity index is 1.46. The van der Waals surface area contributed by atoms with Gasteiger partial charge in [-0.25, -0.2) is 0 Å². The largest absolute Gasteiger partial charge is 0.373 e. The van der Waals surface area contributed by atoms with Gasteiger partial charge in [-0.2, -0.15) is 0 Å². The highest BCUT2D eigenvalue weighted by atomic mass is 16.6. The fourth-order valence-corrected chi connectivity index (χ4v) is 3.80. The standard InChI is InChI=1S/C27H30O4/c1-21-26(30-18-23-13-7-3-8-14-23)27(31-19-24-15-9-4-10-16-24)25(20-28-21)29-17-22-11-5-2-6-12-22/h2-16,21,25-27H,17-20H2,1H3. The van der Waals surface area contributed by atoms with Gasteiger partial charge >= 0.3 is 0 Å². The van der Waals surface area contributed by atoms with Gasteiger partial charge in [0.1, 0.15) is 18.3 Å². The molecule has 4 unspecified atom stereocenters. The van der Waals surface area contributed by atoms with Crippen LogP contribution in [-0.4, -0.2) is 31.0 Å². The normalized spacial score (nSPS) is 23.5. The monoisotopic (exact) mass is 418 g/mol. The van der Waals surface area contributed by atoms with E-state index in [9.17, 15) is 0 Å². The van der Waals surface area contributed by atoms with E-state index >= 15 is 0 Å². The molecule has 0 amide bonds. The van der Waals surface area contributed by atoms with E-state index in [4.69, 9.17) is 18.9 Å². The van der Waals surface area contributed by atoms with Crippen molar-refractivity contribution in [2.45, 2.75) is 51.2 Å². The van der Waals surface area contributed by atoms with Crippen LogP contribution in [0.3, 0.4) is 0 Å². The molecule has 0 aliphatic carbocycles. The highest BCUT2D eigenvalue weighted by molar-refractivity contribution is 5.15. The third-order valence-corrected chi connectivity index (χ3v) is 5.55. The lowest BCUT2D eigenvalue weighted by molar-refractivity contribution is -0.234. The van der Waals surface area contributed by atoms with Crippen LogP contribution in [0.2, 0.25) is 0 Å². The van der Waals surface area contributed by atoms with Gasteiger partial charge in [0.15, 0.2) is 0 Å². The van der Waals surface area contributed by atoms with Crippen LogP contribution in [0.1, 0.15) is 23.6 Å². The van der Waals surface area contributed by atoms with Crippen LogP contribution in [0.15, 0.2) is 91.0 Å². The van der Waals surface area contributed by atoms with E-state index in [1.54, 1.807) is 0 Å². The van der Waals surface area contributed by atoms with Crippen molar-refractivity contribution in [1.82, 2.24) is 0 Å². The van der Waals surface area contributed by atoms with E-state index in [0.717, 1.165) is 16.7 Å². The second-order valence-corrected chi connectivity index (χ2v) is 7.90. The molecule has 0 N–H and O–H groups in total. The summed E-state index contributed by atoms with van der Waals surface area (Å²) in [6.07, 6.45) is -0.739. The molecule has 1 aliphatic heterocycles. The molecule has 0 spiro atoms. The molecule has 0 bridgehead atoms. The summed E-state index contributed by atoms with van der Waals surface area (Å²) in [6.45, 7) is 4.06. The molecule has 4 rings (SSSR count). The molecule has 0 aromatic heterocycles. The van der Waals surface area contributed by atoms with Gasteiger partial charge in [0, 0.05) is 0 Å². The van der Waals surface area contributed by atoms with E-state index in [1.165, 1.54) is 0 Å². The maximum Gasteiger partial charge on any atom is 0.115 e. The molecule has 162 valence electrons. The van der Waals surface area contributed by atoms with Gasteiger partial charge in [-0.05, 0) is 23.6 Å². The van der Waals surface area contributed by atoms with Crippen LogP contribution >= 0.6 is 0 Å². The third-order valence-electron chi connectivity index (χ3n) is 5.55. The highest BCUT2D eigenvalue weighted by Crippen LogP contribution is 2.26. The number of hydrogen-bond acceptors (Lipinski definition) is 4. The van der Waals surface area contributed by atoms with Crippen LogP contribution in [0, 0.1) is 0 Å². The van der Waals surface area contributed by atoms with Crippen LogP contribution in [0.25, 0.3) is 0 Å². The minimum Gasteiger partial charge on any atom is -0.373 e. The van der Waals surface area contributed by atoms with Crippen LogP contribution in [-0.2, 0) is 38.8 Å². The minimum absolute atomic E-state index is 0.0824. The number of benzene rings is 3. The van der Waals surface area contributed by atoms with Gasteiger partial charge in [0.25, 0.3) is 0 Å². The maximum atomic E-state index is 6.41. The van der Waals surface area contributed by atoms with Gasteiger partial charge in [0.05, 0.1) is 32.5 Å². The van der Waals surface area contributed by atoms with Gasteiger partial charge in [-0.3, -0.25) is 0 Å². The topological polar surface area (TPSA) is 36.9 Å². The first kappa shape index (κ1) is 21.7. The second-order valence-electron chi connectivity index (χ2n) is 7.90. The number of hydrogen-bond donors (Lipinski definition) is 0. The first-order valence-electron chi connectivity index (χ1n) is 10.9. The van der Waals surface area contributed by atoms with Crippen molar-refractivity contribution in [2.75, 3.05) is 6.61 Å². The summed E-state index contributed by atoms with van der Waals surface area (Å²) >= 11 is 0. The van der Waals surface area contributed by atoms with Crippen molar-refractivity contribution >= 4 is 0 Å². The zero-order valence-corrected chi connectivity index (χ0v) is 17.9. The van der Waals surface area contributed by atoms with Crippen LogP contribution in [0.5, 0.6) is 0 Å². The molecule has 1 saturated heterocycles. The summed E-state index contributed by atoms with van der Waals surface area (Å²) in [7, 11) is 0. The lowest BCUT2D eigenvalue weighted by Crippen LogP contribution is -2.55. The predicted octanol–water partition coefficient (Wildman–Crippen LogP) is 5.16. The summed E-state index contributed by atoms with van der Waals surface area (Å²) in [4.78, 5) is 0. The molecule has 0 saturated carbocycles. The van der Waals surface area contributed by atoms with Gasteiger partial charge < -0.3 is 18.9 Å². The van der Waals surface area contributed by atoms with E-state index < -0.39 is 0 Å². The molecule has 3 aromatic carbocycles. The molecule has 1 aliphatic rings. The summed E-state index contributed by atoms with van der Waals surface area (Å²) in [5.41, 5.74) is 3.39. The Morgan fingerprint density at radius 1 is 0.613 bits per heavy atom. The van der Waals surface area contributed by atoms with E-state index in [-0.39, 0.29) is 24.4 Å². The first-order valence-corrected chi connectivity index (χ1v) is 10.9. The van der Waals surface area contributed by atoms with E-state index in [0.29, 0.717) is 26.4 Å². The van der Waals surface area contributed by atoms with E-state index in [2.05, 4.69) is 36.4 Å². The Bertz CT molecular complexity index is 885. The SMILES string of the molecule is CC1OCC(OCc2ccccc2)C(OCc2ccccc2)C1OCc1ccccc1. The lowest BCUT2D eigenvalue weighted by atomic mass is 10.00. The minimum atomic E-state index is -0.226. The molecule has 31 heavy (non-hydrogen) atoms. The summed E-state index contributed by atoms with van der Waals surface area (Å²) in [6, 6.07) is 30.6. The maximum absolute atomic E-state index is 6.41. The van der Waals surface area contributed by atoms with Gasteiger partial charge in [-0.1, -0.05) is 91.0 Å². The molecular formula is C27H30O4. The Morgan fingerprint density at radius 2 is 1.03 bits per heavy atom. The Hall–Kier alpha value is -2.50. The molecule has 1 fully saturated rings. The van der Waals surface area contributed by atoms with Crippen molar-refractivity contribution in [3.8, 4) is 0 Å². The predicted molar refractivity (Wildman–Crippen MR) is 120 cm³/mol. The van der Waals surface area contributed by atoms with Crippen molar-refractivity contribution in [2.24, 2.45) is 0 Å². The molecule has 4 heteroatoms. The Morgan fingerprint density at radius 3 is 1.52 bits per heavy atom. The first-order chi connectivity index (χ1) is 15.3. The quantitative estimate of drug-likeness (QED) is 0.481. The molecule has 4 nitrogen and oxygen atoms in total. The van der Waals surface area contributed by atoms with Gasteiger partial charge in [0.2, 0.25) is 0 Å². The fraction of sp³-hybridized carbons (Fsp3) is 0.333. The molecule has 3 aromatic rings. The average Bonchev–Trinajstić information content (AvgIpc) is 2.83. The highest BCUT2D eigenvalue weighted by Gasteiger charge is 2.41. The zero-order chi connectivity index (χ0) is 21.3. The van der Waals surface area contributed by atoms with Crippen LogP contribution < -0.4 is 0 Å². The summed E-state index contributed by atoms with van der Waals surface area (Å²) in [5.74, 6) is 0. The van der Waals surface area contributed by atoms with Gasteiger partial charge in [-0.15, -0.1) is 0 Å². The smallest absolute Gasteiger partial charge is 0.115 e. The van der Waals surface area contributed by atoms with Crippen molar-refractivity contribution in [3.05, 3.63) is 108 Å². The molecule has 0 radical (unpaired) electrons.